The molecule has 0 aromatic heterocycles. The standard InChI is InChI=1S/C18H34N4O2.ClH/c1-14(2)10-20-18(24)22-9-5-7-16(13-22)17(23)21-8-4-6-15(12-21)11-19-3;/h14-16,19H,4-13H2,1-3H3,(H,20,24);1H. The fraction of sp³-hybridized carbons (Fsp3) is 0.889. The van der Waals surface area contributed by atoms with Crippen LogP contribution in [0.15, 0.2) is 0 Å². The minimum Gasteiger partial charge on any atom is -0.342 e. The zero-order valence-electron chi connectivity index (χ0n) is 15.9. The Hall–Kier alpha value is -1.01. The third kappa shape index (κ3) is 6.66. The Kier molecular flexibility index (Phi) is 9.57. The molecule has 6 nitrogen and oxygen atoms in total. The molecule has 2 heterocycles. The highest BCUT2D eigenvalue weighted by Gasteiger charge is 2.33. The number of piperidine rings is 2. The molecular formula is C18H35ClN4O2. The zero-order chi connectivity index (χ0) is 17.5. The van der Waals surface area contributed by atoms with Gasteiger partial charge >= 0.3 is 6.03 Å². The first-order valence-corrected chi connectivity index (χ1v) is 9.47. The van der Waals surface area contributed by atoms with Gasteiger partial charge in [0.25, 0.3) is 0 Å². The summed E-state index contributed by atoms with van der Waals surface area (Å²) >= 11 is 0. The van der Waals surface area contributed by atoms with Crippen LogP contribution < -0.4 is 10.6 Å². The van der Waals surface area contributed by atoms with Gasteiger partial charge in [-0.05, 0) is 51.1 Å². The van der Waals surface area contributed by atoms with Crippen LogP contribution in [0.4, 0.5) is 4.79 Å². The van der Waals surface area contributed by atoms with Crippen molar-refractivity contribution < 1.29 is 9.59 Å². The van der Waals surface area contributed by atoms with Gasteiger partial charge in [0.15, 0.2) is 0 Å². The molecule has 2 saturated heterocycles. The number of hydrogen-bond acceptors (Lipinski definition) is 3. The normalized spacial score (nSPS) is 24.0. The van der Waals surface area contributed by atoms with E-state index in [0.717, 1.165) is 45.4 Å². The number of hydrogen-bond donors (Lipinski definition) is 2. The van der Waals surface area contributed by atoms with Crippen LogP contribution in [0.3, 0.4) is 0 Å². The average molecular weight is 375 g/mol. The summed E-state index contributed by atoms with van der Waals surface area (Å²) in [6.45, 7) is 8.88. The largest absolute Gasteiger partial charge is 0.342 e. The van der Waals surface area contributed by atoms with Gasteiger partial charge in [-0.1, -0.05) is 13.8 Å². The summed E-state index contributed by atoms with van der Waals surface area (Å²) in [5.41, 5.74) is 0. The fourth-order valence-corrected chi connectivity index (χ4v) is 3.75. The van der Waals surface area contributed by atoms with Crippen molar-refractivity contribution in [2.45, 2.75) is 39.5 Å². The number of urea groups is 1. The Labute approximate surface area is 158 Å². The first kappa shape index (κ1) is 22.0. The molecule has 0 aliphatic carbocycles. The molecule has 0 radical (unpaired) electrons. The van der Waals surface area contributed by atoms with E-state index in [0.29, 0.717) is 24.9 Å². The summed E-state index contributed by atoms with van der Waals surface area (Å²) in [4.78, 5) is 29.0. The van der Waals surface area contributed by atoms with Crippen LogP contribution in [0.1, 0.15) is 39.5 Å². The van der Waals surface area contributed by atoms with Crippen molar-refractivity contribution in [2.75, 3.05) is 46.3 Å². The SMILES string of the molecule is CNCC1CCCN(C(=O)C2CCCN(C(=O)NCC(C)C)C2)C1.Cl. The van der Waals surface area contributed by atoms with E-state index in [9.17, 15) is 9.59 Å². The lowest BCUT2D eigenvalue weighted by Gasteiger charge is -2.38. The van der Waals surface area contributed by atoms with E-state index in [1.165, 1.54) is 6.42 Å². The van der Waals surface area contributed by atoms with E-state index in [4.69, 9.17) is 0 Å². The van der Waals surface area contributed by atoms with Crippen LogP contribution in [-0.2, 0) is 4.79 Å². The Bertz CT molecular complexity index is 431. The van der Waals surface area contributed by atoms with Crippen molar-refractivity contribution in [2.24, 2.45) is 17.8 Å². The van der Waals surface area contributed by atoms with Crippen LogP contribution in [0.2, 0.25) is 0 Å². The van der Waals surface area contributed by atoms with Crippen LogP contribution in [0, 0.1) is 17.8 Å². The Morgan fingerprint density at radius 3 is 2.44 bits per heavy atom. The van der Waals surface area contributed by atoms with Crippen molar-refractivity contribution in [3.63, 3.8) is 0 Å². The highest BCUT2D eigenvalue weighted by atomic mass is 35.5. The summed E-state index contributed by atoms with van der Waals surface area (Å²) in [7, 11) is 1.97. The number of carbonyl (C=O) groups excluding carboxylic acids is 2. The van der Waals surface area contributed by atoms with Crippen molar-refractivity contribution in [3.05, 3.63) is 0 Å². The predicted octanol–water partition coefficient (Wildman–Crippen LogP) is 1.94. The average Bonchev–Trinajstić information content (AvgIpc) is 2.59. The fourth-order valence-electron chi connectivity index (χ4n) is 3.75. The second-order valence-electron chi connectivity index (χ2n) is 7.72. The van der Waals surface area contributed by atoms with Crippen molar-refractivity contribution in [1.82, 2.24) is 20.4 Å². The molecule has 2 unspecified atom stereocenters. The van der Waals surface area contributed by atoms with E-state index in [1.807, 2.05) is 16.8 Å². The molecule has 2 aliphatic heterocycles. The lowest BCUT2D eigenvalue weighted by atomic mass is 9.93. The molecule has 7 heteroatoms. The Morgan fingerprint density at radius 1 is 1.08 bits per heavy atom. The van der Waals surface area contributed by atoms with Gasteiger partial charge in [-0.25, -0.2) is 4.79 Å². The van der Waals surface area contributed by atoms with Gasteiger partial charge in [-0.3, -0.25) is 4.79 Å². The monoisotopic (exact) mass is 374 g/mol. The quantitative estimate of drug-likeness (QED) is 0.773. The first-order valence-electron chi connectivity index (χ1n) is 9.47. The number of carbonyl (C=O) groups is 2. The van der Waals surface area contributed by atoms with Gasteiger partial charge < -0.3 is 20.4 Å². The minimum atomic E-state index is -0.0307. The van der Waals surface area contributed by atoms with Gasteiger partial charge in [0.1, 0.15) is 0 Å². The maximum Gasteiger partial charge on any atom is 0.317 e. The second kappa shape index (κ2) is 10.9. The van der Waals surface area contributed by atoms with Gasteiger partial charge in [0, 0.05) is 32.7 Å². The molecule has 2 rings (SSSR count). The Balaban J connectivity index is 0.00000312. The van der Waals surface area contributed by atoms with Crippen LogP contribution in [0.25, 0.3) is 0 Å². The number of rotatable bonds is 5. The molecule has 0 saturated carbocycles. The summed E-state index contributed by atoms with van der Waals surface area (Å²) in [5, 5.41) is 6.19. The summed E-state index contributed by atoms with van der Waals surface area (Å²) < 4.78 is 0. The lowest BCUT2D eigenvalue weighted by Crippen LogP contribution is -2.51. The highest BCUT2D eigenvalue weighted by molar-refractivity contribution is 5.85. The Morgan fingerprint density at radius 2 is 1.76 bits per heavy atom. The van der Waals surface area contributed by atoms with Crippen molar-refractivity contribution in [1.29, 1.82) is 0 Å². The molecule has 0 aromatic rings. The van der Waals surface area contributed by atoms with Gasteiger partial charge in [-0.2, -0.15) is 0 Å². The lowest BCUT2D eigenvalue weighted by molar-refractivity contribution is -0.138. The van der Waals surface area contributed by atoms with E-state index in [1.54, 1.807) is 0 Å². The van der Waals surface area contributed by atoms with E-state index < -0.39 is 0 Å². The minimum absolute atomic E-state index is 0. The summed E-state index contributed by atoms with van der Waals surface area (Å²) in [6.07, 6.45) is 4.10. The van der Waals surface area contributed by atoms with Gasteiger partial charge in [0.2, 0.25) is 5.91 Å². The third-order valence-corrected chi connectivity index (χ3v) is 5.04. The summed E-state index contributed by atoms with van der Waals surface area (Å²) in [5.74, 6) is 1.21. The maximum absolute atomic E-state index is 12.9. The smallest absolute Gasteiger partial charge is 0.317 e. The van der Waals surface area contributed by atoms with Crippen LogP contribution >= 0.6 is 12.4 Å². The van der Waals surface area contributed by atoms with Gasteiger partial charge in [-0.15, -0.1) is 12.4 Å². The van der Waals surface area contributed by atoms with Crippen molar-refractivity contribution in [3.8, 4) is 0 Å². The predicted molar refractivity (Wildman–Crippen MR) is 103 cm³/mol. The summed E-state index contributed by atoms with van der Waals surface area (Å²) in [6, 6.07) is -0.0205. The molecule has 2 aliphatic rings. The topological polar surface area (TPSA) is 64.7 Å². The molecule has 2 atom stereocenters. The molecular weight excluding hydrogens is 340 g/mol. The number of amides is 3. The van der Waals surface area contributed by atoms with Crippen molar-refractivity contribution >= 4 is 24.3 Å². The molecule has 0 bridgehead atoms. The third-order valence-electron chi connectivity index (χ3n) is 5.04. The van der Waals surface area contributed by atoms with Crippen LogP contribution in [0.5, 0.6) is 0 Å². The van der Waals surface area contributed by atoms with Crippen LogP contribution in [-0.4, -0.2) is 68.1 Å². The molecule has 0 spiro atoms. The first-order chi connectivity index (χ1) is 11.5. The number of likely N-dealkylation sites (tertiary alicyclic amines) is 2. The molecule has 25 heavy (non-hydrogen) atoms. The number of halogens is 1. The maximum atomic E-state index is 12.9. The molecule has 2 N–H and O–H groups in total. The molecule has 2 fully saturated rings. The molecule has 146 valence electrons. The van der Waals surface area contributed by atoms with Gasteiger partial charge in [0.05, 0.1) is 5.92 Å². The van der Waals surface area contributed by atoms with E-state index in [-0.39, 0.29) is 30.3 Å². The highest BCUT2D eigenvalue weighted by Crippen LogP contribution is 2.23. The molecule has 0 aromatic carbocycles. The number of nitrogens with zero attached hydrogens (tertiary/aromatic N) is 2. The second-order valence-corrected chi connectivity index (χ2v) is 7.72. The number of nitrogens with one attached hydrogen (secondary N) is 2. The van der Waals surface area contributed by atoms with E-state index in [2.05, 4.69) is 24.5 Å². The zero-order valence-corrected chi connectivity index (χ0v) is 16.7. The molecule has 3 amide bonds. The van der Waals surface area contributed by atoms with E-state index >= 15 is 0 Å².